The molecule has 0 aliphatic carbocycles. The summed E-state index contributed by atoms with van der Waals surface area (Å²) in [5.74, 6) is 1.07. The van der Waals surface area contributed by atoms with Crippen molar-refractivity contribution >= 4 is 50.0 Å². The van der Waals surface area contributed by atoms with E-state index in [0.717, 1.165) is 22.0 Å². The van der Waals surface area contributed by atoms with Crippen LogP contribution in [0.5, 0.6) is 0 Å². The molecule has 0 radical (unpaired) electrons. The Kier molecular flexibility index (Phi) is 5.43. The number of hydrogen-bond donors (Lipinski definition) is 0. The maximum Gasteiger partial charge on any atom is 0.160 e. The van der Waals surface area contributed by atoms with Crippen molar-refractivity contribution in [1.82, 2.24) is 4.90 Å². The molecule has 0 bridgehead atoms. The fourth-order valence-electron chi connectivity index (χ4n) is 3.41. The van der Waals surface area contributed by atoms with Crippen LogP contribution in [0.15, 0.2) is 53.5 Å². The van der Waals surface area contributed by atoms with E-state index in [2.05, 4.69) is 4.90 Å². The molecule has 0 N–H and O–H groups in total. The van der Waals surface area contributed by atoms with Crippen LogP contribution in [0.4, 0.5) is 0 Å². The molecule has 0 unspecified atom stereocenters. The molecular weight excluding hydrogens is 423 g/mol. The van der Waals surface area contributed by atoms with E-state index in [1.165, 1.54) is 0 Å². The average Bonchev–Trinajstić information content (AvgIpc) is 3.09. The third-order valence-electron chi connectivity index (χ3n) is 4.76. The lowest BCUT2D eigenvalue weighted by Gasteiger charge is -2.26. The number of halogens is 2. The molecule has 27 heavy (non-hydrogen) atoms. The van der Waals surface area contributed by atoms with Crippen LogP contribution < -0.4 is 0 Å². The summed E-state index contributed by atoms with van der Waals surface area (Å²) < 4.78 is 24.1. The van der Waals surface area contributed by atoms with Crippen molar-refractivity contribution in [3.63, 3.8) is 0 Å². The van der Waals surface area contributed by atoms with Gasteiger partial charge in [-0.2, -0.15) is 0 Å². The Morgan fingerprint density at radius 2 is 1.56 bits per heavy atom. The smallest absolute Gasteiger partial charge is 0.160 e. The third-order valence-corrected chi connectivity index (χ3v) is 8.04. The molecule has 2 heterocycles. The summed E-state index contributed by atoms with van der Waals surface area (Å²) in [6.07, 6.45) is 0. The van der Waals surface area contributed by atoms with Gasteiger partial charge in [0.1, 0.15) is 0 Å². The van der Waals surface area contributed by atoms with Gasteiger partial charge in [0, 0.05) is 22.3 Å². The minimum Gasteiger partial charge on any atom is -0.341 e. The number of hydrogen-bond acceptors (Lipinski definition) is 5. The minimum atomic E-state index is -3.03. The zero-order chi connectivity index (χ0) is 19.0. The Morgan fingerprint density at radius 1 is 0.963 bits per heavy atom. The fraction of sp³-hybridized carbons (Fsp3) is 0.316. The quantitative estimate of drug-likeness (QED) is 0.712. The van der Waals surface area contributed by atoms with Crippen molar-refractivity contribution in [3.05, 3.63) is 69.7 Å². The number of rotatable bonds is 4. The molecule has 1 saturated heterocycles. The Balaban J connectivity index is 1.53. The number of benzene rings is 2. The van der Waals surface area contributed by atoms with E-state index in [1.807, 2.05) is 48.5 Å². The highest BCUT2D eigenvalue weighted by Crippen LogP contribution is 2.33. The Hall–Kier alpha value is -1.21. The number of amidine groups is 1. The third kappa shape index (κ3) is 4.45. The number of thioether (sulfide) groups is 1. The summed E-state index contributed by atoms with van der Waals surface area (Å²) >= 11 is 13.6. The van der Waals surface area contributed by atoms with Gasteiger partial charge in [0.25, 0.3) is 0 Å². The number of sulfone groups is 1. The lowest BCUT2D eigenvalue weighted by molar-refractivity contribution is 0.343. The summed E-state index contributed by atoms with van der Waals surface area (Å²) in [6.45, 7) is 0.625. The highest BCUT2D eigenvalue weighted by Gasteiger charge is 2.46. The van der Waals surface area contributed by atoms with E-state index < -0.39 is 9.84 Å². The Labute approximate surface area is 173 Å². The van der Waals surface area contributed by atoms with Crippen molar-refractivity contribution in [2.75, 3.05) is 11.5 Å². The maximum atomic E-state index is 12.1. The van der Waals surface area contributed by atoms with Crippen molar-refractivity contribution in [3.8, 4) is 0 Å². The zero-order valence-corrected chi connectivity index (χ0v) is 17.5. The standard InChI is InChI=1S/C19H18Cl2N2O2S2/c20-15-5-1-13(2-6-15)9-23-18-12-27(24,25)11-17(18)22-19(23)26-10-14-3-7-16(21)8-4-14/h1-8,17-18H,9-12H2/t17-,18-/m1/s1. The van der Waals surface area contributed by atoms with Gasteiger partial charge in [-0.25, -0.2) is 8.42 Å². The summed E-state index contributed by atoms with van der Waals surface area (Å²) in [5, 5.41) is 2.31. The van der Waals surface area contributed by atoms with Crippen LogP contribution in [-0.4, -0.2) is 42.1 Å². The van der Waals surface area contributed by atoms with E-state index in [4.69, 9.17) is 28.2 Å². The SMILES string of the molecule is O=S1(=O)C[C@@H]2[C@@H](C1)N=C(SCc1ccc(Cl)cc1)N2Cc1ccc(Cl)cc1. The lowest BCUT2D eigenvalue weighted by atomic mass is 10.1. The van der Waals surface area contributed by atoms with Crippen LogP contribution in [0.2, 0.25) is 10.0 Å². The van der Waals surface area contributed by atoms with Gasteiger partial charge in [-0.15, -0.1) is 0 Å². The number of fused-ring (bicyclic) bond motifs is 1. The second-order valence-corrected chi connectivity index (χ2v) is 10.8. The van der Waals surface area contributed by atoms with E-state index in [-0.39, 0.29) is 23.6 Å². The summed E-state index contributed by atoms with van der Waals surface area (Å²) in [5.41, 5.74) is 2.24. The van der Waals surface area contributed by atoms with Gasteiger partial charge in [0.15, 0.2) is 15.0 Å². The topological polar surface area (TPSA) is 49.7 Å². The van der Waals surface area contributed by atoms with Crippen LogP contribution in [0.1, 0.15) is 11.1 Å². The Morgan fingerprint density at radius 3 is 2.19 bits per heavy atom. The average molecular weight is 441 g/mol. The van der Waals surface area contributed by atoms with E-state index in [9.17, 15) is 8.42 Å². The number of aliphatic imine (C=N–C) groups is 1. The minimum absolute atomic E-state index is 0.0848. The summed E-state index contributed by atoms with van der Waals surface area (Å²) in [7, 11) is -3.03. The first-order chi connectivity index (χ1) is 12.9. The van der Waals surface area contributed by atoms with Crippen LogP contribution in [0.25, 0.3) is 0 Å². The van der Waals surface area contributed by atoms with Crippen molar-refractivity contribution < 1.29 is 8.42 Å². The molecular formula is C19H18Cl2N2O2S2. The van der Waals surface area contributed by atoms with Crippen molar-refractivity contribution in [2.45, 2.75) is 24.4 Å². The van der Waals surface area contributed by atoms with Gasteiger partial charge >= 0.3 is 0 Å². The molecule has 142 valence electrons. The van der Waals surface area contributed by atoms with Gasteiger partial charge < -0.3 is 4.90 Å². The molecule has 0 amide bonds. The maximum absolute atomic E-state index is 12.1. The molecule has 1 fully saturated rings. The monoisotopic (exact) mass is 440 g/mol. The second kappa shape index (κ2) is 7.66. The van der Waals surface area contributed by atoms with Crippen LogP contribution in [0, 0.1) is 0 Å². The zero-order valence-electron chi connectivity index (χ0n) is 14.4. The van der Waals surface area contributed by atoms with Crippen molar-refractivity contribution in [1.29, 1.82) is 0 Å². The van der Waals surface area contributed by atoms with Crippen LogP contribution >= 0.6 is 35.0 Å². The van der Waals surface area contributed by atoms with Crippen LogP contribution in [-0.2, 0) is 22.1 Å². The highest BCUT2D eigenvalue weighted by atomic mass is 35.5. The molecule has 8 heteroatoms. The van der Waals surface area contributed by atoms with E-state index >= 15 is 0 Å². The first-order valence-corrected chi connectivity index (χ1v) is 12.1. The lowest BCUT2D eigenvalue weighted by Crippen LogP contribution is -2.38. The highest BCUT2D eigenvalue weighted by molar-refractivity contribution is 8.13. The summed E-state index contributed by atoms with van der Waals surface area (Å²) in [6, 6.07) is 15.1. The van der Waals surface area contributed by atoms with E-state index in [1.54, 1.807) is 11.8 Å². The molecule has 4 nitrogen and oxygen atoms in total. The van der Waals surface area contributed by atoms with Gasteiger partial charge in [-0.1, -0.05) is 59.2 Å². The first kappa shape index (κ1) is 19.1. The molecule has 2 aromatic carbocycles. The first-order valence-electron chi connectivity index (χ1n) is 8.56. The predicted octanol–water partition coefficient (Wildman–Crippen LogP) is 4.26. The van der Waals surface area contributed by atoms with Crippen LogP contribution in [0.3, 0.4) is 0 Å². The normalized spacial score (nSPS) is 23.3. The van der Waals surface area contributed by atoms with Gasteiger partial charge in [0.2, 0.25) is 0 Å². The molecule has 2 aliphatic heterocycles. The van der Waals surface area contributed by atoms with E-state index in [0.29, 0.717) is 16.6 Å². The molecule has 2 aromatic rings. The molecule has 2 atom stereocenters. The largest absolute Gasteiger partial charge is 0.341 e. The predicted molar refractivity (Wildman–Crippen MR) is 113 cm³/mol. The fourth-order valence-corrected chi connectivity index (χ4v) is 6.60. The van der Waals surface area contributed by atoms with Gasteiger partial charge in [0.05, 0.1) is 23.6 Å². The second-order valence-electron chi connectivity index (χ2n) is 6.79. The summed E-state index contributed by atoms with van der Waals surface area (Å²) in [4.78, 5) is 6.89. The Bertz CT molecular complexity index is 960. The molecule has 0 aromatic heterocycles. The van der Waals surface area contributed by atoms with Gasteiger partial charge in [-0.3, -0.25) is 4.99 Å². The molecule has 4 rings (SSSR count). The van der Waals surface area contributed by atoms with Gasteiger partial charge in [-0.05, 0) is 35.4 Å². The van der Waals surface area contributed by atoms with Crippen molar-refractivity contribution in [2.24, 2.45) is 4.99 Å². The molecule has 0 saturated carbocycles. The number of nitrogens with zero attached hydrogens (tertiary/aromatic N) is 2. The molecule has 2 aliphatic rings. The molecule has 0 spiro atoms.